The minimum Gasteiger partial charge on any atom is -0.486 e. The Morgan fingerprint density at radius 3 is 2.87 bits per heavy atom. The Bertz CT molecular complexity index is 745. The van der Waals surface area contributed by atoms with Crippen molar-refractivity contribution < 1.29 is 19.2 Å². The number of hydrogen-bond acceptors (Lipinski definition) is 6. The zero-order chi connectivity index (χ0) is 16.4. The molecule has 0 unspecified atom stereocenters. The number of rotatable bonds is 4. The third-order valence-electron chi connectivity index (χ3n) is 3.39. The van der Waals surface area contributed by atoms with E-state index in [4.69, 9.17) is 9.47 Å². The van der Waals surface area contributed by atoms with Crippen molar-refractivity contribution in [3.8, 4) is 11.5 Å². The molecule has 8 heteroatoms. The summed E-state index contributed by atoms with van der Waals surface area (Å²) in [6.45, 7) is 1.03. The van der Waals surface area contributed by atoms with Gasteiger partial charge in [0.25, 0.3) is 11.6 Å². The van der Waals surface area contributed by atoms with Crippen LogP contribution in [0.25, 0.3) is 0 Å². The molecular weight excluding hydrogens is 320 g/mol. The van der Waals surface area contributed by atoms with E-state index in [1.54, 1.807) is 18.4 Å². The molecule has 0 bridgehead atoms. The monoisotopic (exact) mass is 334 g/mol. The standard InChI is InChI=1S/C15H14N2O5S/c1-16(9-11-3-2-6-23-11)15(18)12-7-10(17(19)20)8-13-14(12)22-5-4-21-13/h2-3,6-8H,4-5,9H2,1H3. The Balaban J connectivity index is 1.95. The van der Waals surface area contributed by atoms with E-state index < -0.39 is 4.92 Å². The zero-order valence-corrected chi connectivity index (χ0v) is 13.2. The smallest absolute Gasteiger partial charge is 0.274 e. The lowest BCUT2D eigenvalue weighted by molar-refractivity contribution is -0.385. The molecule has 0 atom stereocenters. The van der Waals surface area contributed by atoms with Gasteiger partial charge in [-0.25, -0.2) is 0 Å². The van der Waals surface area contributed by atoms with E-state index in [2.05, 4.69) is 0 Å². The summed E-state index contributed by atoms with van der Waals surface area (Å²) in [6, 6.07) is 6.35. The molecule has 3 rings (SSSR count). The van der Waals surface area contributed by atoms with Crippen molar-refractivity contribution in [2.75, 3.05) is 20.3 Å². The number of amides is 1. The molecule has 0 saturated carbocycles. The normalized spacial score (nSPS) is 12.7. The molecule has 0 saturated heterocycles. The highest BCUT2D eigenvalue weighted by Gasteiger charge is 2.27. The number of non-ortho nitro benzene ring substituents is 1. The minimum atomic E-state index is -0.547. The summed E-state index contributed by atoms with van der Waals surface area (Å²) in [5, 5.41) is 13.0. The number of fused-ring (bicyclic) bond motifs is 1. The van der Waals surface area contributed by atoms with Gasteiger partial charge in [0.1, 0.15) is 13.2 Å². The lowest BCUT2D eigenvalue weighted by atomic mass is 10.1. The summed E-state index contributed by atoms with van der Waals surface area (Å²) in [6.07, 6.45) is 0. The highest BCUT2D eigenvalue weighted by Crippen LogP contribution is 2.38. The van der Waals surface area contributed by atoms with Crippen molar-refractivity contribution >= 4 is 22.9 Å². The Hall–Kier alpha value is -2.61. The van der Waals surface area contributed by atoms with Crippen LogP contribution in [0.2, 0.25) is 0 Å². The maximum Gasteiger partial charge on any atom is 0.274 e. The van der Waals surface area contributed by atoms with Gasteiger partial charge in [-0.3, -0.25) is 14.9 Å². The number of thiophene rings is 1. The van der Waals surface area contributed by atoms with E-state index in [0.29, 0.717) is 19.8 Å². The van der Waals surface area contributed by atoms with E-state index in [-0.39, 0.29) is 28.7 Å². The number of benzene rings is 1. The van der Waals surface area contributed by atoms with Gasteiger partial charge in [-0.1, -0.05) is 6.07 Å². The van der Waals surface area contributed by atoms with Gasteiger partial charge in [-0.05, 0) is 11.4 Å². The molecule has 0 spiro atoms. The maximum absolute atomic E-state index is 12.7. The average molecular weight is 334 g/mol. The van der Waals surface area contributed by atoms with Crippen LogP contribution in [0.1, 0.15) is 15.2 Å². The first-order chi connectivity index (χ1) is 11.1. The van der Waals surface area contributed by atoms with Crippen molar-refractivity contribution in [1.82, 2.24) is 4.90 Å². The molecule has 2 heterocycles. The molecule has 0 radical (unpaired) electrons. The van der Waals surface area contributed by atoms with Gasteiger partial charge in [0.05, 0.1) is 23.1 Å². The van der Waals surface area contributed by atoms with Crippen molar-refractivity contribution in [3.05, 3.63) is 50.2 Å². The van der Waals surface area contributed by atoms with Crippen molar-refractivity contribution in [2.24, 2.45) is 0 Å². The lowest BCUT2D eigenvalue weighted by Crippen LogP contribution is -2.27. The van der Waals surface area contributed by atoms with Crippen LogP contribution in [-0.2, 0) is 6.54 Å². The van der Waals surface area contributed by atoms with E-state index in [1.165, 1.54) is 17.0 Å². The van der Waals surface area contributed by atoms with Gasteiger partial charge >= 0.3 is 0 Å². The molecule has 2 aromatic rings. The molecule has 120 valence electrons. The second kappa shape index (κ2) is 6.25. The number of hydrogen-bond donors (Lipinski definition) is 0. The minimum absolute atomic E-state index is 0.146. The maximum atomic E-state index is 12.7. The Kier molecular flexibility index (Phi) is 4.16. The fourth-order valence-electron chi connectivity index (χ4n) is 2.32. The molecule has 0 aliphatic carbocycles. The molecule has 0 fully saturated rings. The second-order valence-corrected chi connectivity index (χ2v) is 6.05. The van der Waals surface area contributed by atoms with Crippen LogP contribution in [0.4, 0.5) is 5.69 Å². The summed E-state index contributed by atoms with van der Waals surface area (Å²) >= 11 is 1.54. The number of carbonyl (C=O) groups is 1. The van der Waals surface area contributed by atoms with Crippen LogP contribution in [-0.4, -0.2) is 36.0 Å². The van der Waals surface area contributed by atoms with E-state index >= 15 is 0 Å². The van der Waals surface area contributed by atoms with Gasteiger partial charge < -0.3 is 14.4 Å². The summed E-state index contributed by atoms with van der Waals surface area (Å²) in [5.74, 6) is 0.159. The molecule has 7 nitrogen and oxygen atoms in total. The van der Waals surface area contributed by atoms with E-state index in [1.807, 2.05) is 17.5 Å². The molecule has 1 aromatic heterocycles. The van der Waals surface area contributed by atoms with Crippen LogP contribution in [0.3, 0.4) is 0 Å². The largest absolute Gasteiger partial charge is 0.486 e. The third kappa shape index (κ3) is 3.11. The predicted octanol–water partition coefficient (Wildman–Crippen LogP) is 2.70. The van der Waals surface area contributed by atoms with Crippen LogP contribution < -0.4 is 9.47 Å². The Labute approximate surface area is 136 Å². The molecule has 23 heavy (non-hydrogen) atoms. The van der Waals surface area contributed by atoms with Gasteiger partial charge in [-0.2, -0.15) is 0 Å². The fraction of sp³-hybridized carbons (Fsp3) is 0.267. The van der Waals surface area contributed by atoms with Crippen molar-refractivity contribution in [1.29, 1.82) is 0 Å². The number of ether oxygens (including phenoxy) is 2. The number of nitro benzene ring substituents is 1. The van der Waals surface area contributed by atoms with Gasteiger partial charge in [-0.15, -0.1) is 11.3 Å². The predicted molar refractivity (Wildman–Crippen MR) is 84.2 cm³/mol. The summed E-state index contributed by atoms with van der Waals surface area (Å²) in [5.41, 5.74) is -0.0462. The van der Waals surface area contributed by atoms with Crippen LogP contribution in [0.5, 0.6) is 11.5 Å². The number of carbonyl (C=O) groups excluding carboxylic acids is 1. The topological polar surface area (TPSA) is 81.9 Å². The summed E-state index contributed by atoms with van der Waals surface area (Å²) in [4.78, 5) is 25.7. The molecule has 0 N–H and O–H groups in total. The van der Waals surface area contributed by atoms with E-state index in [9.17, 15) is 14.9 Å². The van der Waals surface area contributed by atoms with Crippen LogP contribution >= 0.6 is 11.3 Å². The highest BCUT2D eigenvalue weighted by atomic mass is 32.1. The molecule has 1 amide bonds. The number of nitro groups is 1. The quantitative estimate of drug-likeness (QED) is 0.634. The average Bonchev–Trinajstić information content (AvgIpc) is 3.05. The van der Waals surface area contributed by atoms with Gasteiger partial charge in [0.2, 0.25) is 0 Å². The molecule has 1 aromatic carbocycles. The van der Waals surface area contributed by atoms with E-state index in [0.717, 1.165) is 4.88 Å². The first-order valence-corrected chi connectivity index (χ1v) is 7.80. The molecular formula is C15H14N2O5S. The van der Waals surface area contributed by atoms with Gasteiger partial charge in [0, 0.05) is 18.0 Å². The number of nitrogens with zero attached hydrogens (tertiary/aromatic N) is 2. The van der Waals surface area contributed by atoms with Crippen molar-refractivity contribution in [2.45, 2.75) is 6.54 Å². The fourth-order valence-corrected chi connectivity index (χ4v) is 3.07. The first-order valence-electron chi connectivity index (χ1n) is 6.92. The summed E-state index contributed by atoms with van der Waals surface area (Å²) < 4.78 is 10.9. The third-order valence-corrected chi connectivity index (χ3v) is 4.25. The summed E-state index contributed by atoms with van der Waals surface area (Å²) in [7, 11) is 1.65. The highest BCUT2D eigenvalue weighted by molar-refractivity contribution is 7.09. The molecule has 1 aliphatic heterocycles. The second-order valence-electron chi connectivity index (χ2n) is 5.02. The van der Waals surface area contributed by atoms with Gasteiger partial charge in [0.15, 0.2) is 11.5 Å². The Morgan fingerprint density at radius 2 is 2.17 bits per heavy atom. The van der Waals surface area contributed by atoms with Crippen LogP contribution in [0, 0.1) is 10.1 Å². The first kappa shape index (κ1) is 15.3. The lowest BCUT2D eigenvalue weighted by Gasteiger charge is -2.23. The van der Waals surface area contributed by atoms with Crippen molar-refractivity contribution in [3.63, 3.8) is 0 Å². The van der Waals surface area contributed by atoms with Crippen LogP contribution in [0.15, 0.2) is 29.6 Å². The molecule has 1 aliphatic rings. The zero-order valence-electron chi connectivity index (χ0n) is 12.4. The Morgan fingerprint density at radius 1 is 1.39 bits per heavy atom. The SMILES string of the molecule is CN(Cc1cccs1)C(=O)c1cc([N+](=O)[O-])cc2c1OCCO2.